The molecule has 21 heavy (non-hydrogen) atoms. The van der Waals surface area contributed by atoms with E-state index in [1.165, 1.54) is 18.9 Å². The molecule has 3 heteroatoms. The average Bonchev–Trinajstić information content (AvgIpc) is 2.42. The van der Waals surface area contributed by atoms with Gasteiger partial charge < -0.3 is 4.74 Å². The number of aromatic nitrogens is 1. The fraction of sp³-hybridized carbons (Fsp3) is 0.444. The molecule has 2 aromatic rings. The first kappa shape index (κ1) is 15.5. The van der Waals surface area contributed by atoms with Crippen molar-refractivity contribution in [1.29, 1.82) is 0 Å². The third-order valence-corrected chi connectivity index (χ3v) is 3.83. The highest BCUT2D eigenvalue weighted by Crippen LogP contribution is 2.33. The Kier molecular flexibility index (Phi) is 4.61. The minimum absolute atomic E-state index is 0.290. The predicted molar refractivity (Wildman–Crippen MR) is 85.9 cm³/mol. The Bertz CT molecular complexity index is 689. The van der Waals surface area contributed by atoms with Crippen molar-refractivity contribution in [2.45, 2.75) is 53.9 Å². The molecule has 0 unspecified atom stereocenters. The van der Waals surface area contributed by atoms with Gasteiger partial charge in [0.2, 0.25) is 0 Å². The van der Waals surface area contributed by atoms with Crippen LogP contribution in [0.3, 0.4) is 0 Å². The van der Waals surface area contributed by atoms with Gasteiger partial charge >= 0.3 is 5.97 Å². The lowest BCUT2D eigenvalue weighted by molar-refractivity contribution is -0.131. The van der Waals surface area contributed by atoms with Crippen molar-refractivity contribution in [1.82, 2.24) is 4.98 Å². The first-order chi connectivity index (χ1) is 9.93. The molecule has 0 saturated heterocycles. The zero-order valence-electron chi connectivity index (χ0n) is 13.5. The van der Waals surface area contributed by atoms with E-state index in [9.17, 15) is 4.79 Å². The molecule has 0 amide bonds. The highest BCUT2D eigenvalue weighted by molar-refractivity contribution is 5.91. The van der Waals surface area contributed by atoms with Crippen LogP contribution < -0.4 is 4.74 Å². The zero-order valence-corrected chi connectivity index (χ0v) is 13.5. The molecule has 0 fully saturated rings. The summed E-state index contributed by atoms with van der Waals surface area (Å²) in [5.41, 5.74) is 5.18. The number of carbonyl (C=O) groups excluding carboxylic acids is 1. The topological polar surface area (TPSA) is 39.2 Å². The van der Waals surface area contributed by atoms with E-state index in [0.29, 0.717) is 5.75 Å². The van der Waals surface area contributed by atoms with E-state index in [-0.39, 0.29) is 5.97 Å². The lowest BCUT2D eigenvalue weighted by Gasteiger charge is -2.14. The first-order valence-electron chi connectivity index (χ1n) is 7.52. The molecule has 1 heterocycles. The van der Waals surface area contributed by atoms with Crippen molar-refractivity contribution >= 4 is 16.9 Å². The lowest BCUT2D eigenvalue weighted by Crippen LogP contribution is -2.06. The Morgan fingerprint density at radius 1 is 1.24 bits per heavy atom. The SMILES string of the molecule is CCCCc1cc(C)c2nc(C)c(C)c(OC(C)=O)c2c1. The van der Waals surface area contributed by atoms with Gasteiger partial charge in [-0.3, -0.25) is 9.78 Å². The summed E-state index contributed by atoms with van der Waals surface area (Å²) >= 11 is 0. The van der Waals surface area contributed by atoms with Gasteiger partial charge in [0.05, 0.1) is 5.52 Å². The summed E-state index contributed by atoms with van der Waals surface area (Å²) < 4.78 is 5.47. The van der Waals surface area contributed by atoms with E-state index in [2.05, 4.69) is 31.0 Å². The molecular formula is C18H23NO2. The third-order valence-electron chi connectivity index (χ3n) is 3.83. The monoisotopic (exact) mass is 285 g/mol. The quantitative estimate of drug-likeness (QED) is 0.780. The molecule has 0 aliphatic carbocycles. The minimum atomic E-state index is -0.290. The van der Waals surface area contributed by atoms with Crippen LogP contribution in [0.5, 0.6) is 5.75 Å². The molecule has 2 rings (SSSR count). The summed E-state index contributed by atoms with van der Waals surface area (Å²) in [5, 5.41) is 0.944. The lowest BCUT2D eigenvalue weighted by atomic mass is 9.99. The van der Waals surface area contributed by atoms with Crippen LogP contribution >= 0.6 is 0 Å². The van der Waals surface area contributed by atoms with Crippen molar-refractivity contribution in [2.24, 2.45) is 0 Å². The molecule has 0 radical (unpaired) electrons. The number of nitrogens with zero attached hydrogens (tertiary/aromatic N) is 1. The number of unbranched alkanes of at least 4 members (excludes halogenated alkanes) is 1. The second-order valence-corrected chi connectivity index (χ2v) is 5.66. The van der Waals surface area contributed by atoms with Crippen LogP contribution in [-0.2, 0) is 11.2 Å². The normalized spacial score (nSPS) is 10.9. The van der Waals surface area contributed by atoms with Crippen molar-refractivity contribution in [3.05, 3.63) is 34.5 Å². The van der Waals surface area contributed by atoms with Gasteiger partial charge in [-0.1, -0.05) is 19.4 Å². The van der Waals surface area contributed by atoms with Crippen LogP contribution in [-0.4, -0.2) is 11.0 Å². The number of benzene rings is 1. The number of ether oxygens (including phenoxy) is 1. The molecule has 112 valence electrons. The molecule has 0 bridgehead atoms. The fourth-order valence-electron chi connectivity index (χ4n) is 2.59. The Labute approximate surface area is 126 Å². The van der Waals surface area contributed by atoms with Gasteiger partial charge in [-0.25, -0.2) is 0 Å². The maximum Gasteiger partial charge on any atom is 0.308 e. The number of carbonyl (C=O) groups is 1. The minimum Gasteiger partial charge on any atom is -0.426 e. The summed E-state index contributed by atoms with van der Waals surface area (Å²) in [6.07, 6.45) is 3.37. The molecule has 0 aliphatic heterocycles. The standard InChI is InChI=1S/C18H23NO2/c1-6-7-8-15-9-11(2)17-16(10-15)18(21-14(5)20)12(3)13(4)19-17/h9-10H,6-8H2,1-5H3. The largest absolute Gasteiger partial charge is 0.426 e. The highest BCUT2D eigenvalue weighted by Gasteiger charge is 2.15. The van der Waals surface area contributed by atoms with Gasteiger partial charge in [0, 0.05) is 23.6 Å². The van der Waals surface area contributed by atoms with Crippen LogP contribution in [0, 0.1) is 20.8 Å². The summed E-state index contributed by atoms with van der Waals surface area (Å²) in [6, 6.07) is 4.31. The van der Waals surface area contributed by atoms with Gasteiger partial charge in [0.15, 0.2) is 0 Å². The molecule has 3 nitrogen and oxygen atoms in total. The Morgan fingerprint density at radius 3 is 2.57 bits per heavy atom. The van der Waals surface area contributed by atoms with Crippen molar-refractivity contribution < 1.29 is 9.53 Å². The zero-order chi connectivity index (χ0) is 15.6. The number of hydrogen-bond donors (Lipinski definition) is 0. The molecular weight excluding hydrogens is 262 g/mol. The second kappa shape index (κ2) is 6.25. The van der Waals surface area contributed by atoms with Gasteiger partial charge in [0.25, 0.3) is 0 Å². The molecule has 0 saturated carbocycles. The maximum atomic E-state index is 11.4. The molecule has 1 aromatic heterocycles. The summed E-state index contributed by atoms with van der Waals surface area (Å²) in [6.45, 7) is 9.60. The number of aryl methyl sites for hydroxylation is 3. The predicted octanol–water partition coefficient (Wildman–Crippen LogP) is 4.43. The van der Waals surface area contributed by atoms with Crippen LogP contribution in [0.2, 0.25) is 0 Å². The number of fused-ring (bicyclic) bond motifs is 1. The Morgan fingerprint density at radius 2 is 1.95 bits per heavy atom. The van der Waals surface area contributed by atoms with E-state index in [1.807, 2.05) is 13.8 Å². The van der Waals surface area contributed by atoms with Crippen LogP contribution in [0.15, 0.2) is 12.1 Å². The molecule has 0 N–H and O–H groups in total. The summed E-state index contributed by atoms with van der Waals surface area (Å²) in [5.74, 6) is 0.369. The molecule has 0 aliphatic rings. The van der Waals surface area contributed by atoms with E-state index in [4.69, 9.17) is 4.74 Å². The summed E-state index contributed by atoms with van der Waals surface area (Å²) in [7, 11) is 0. The van der Waals surface area contributed by atoms with Crippen LogP contribution in [0.4, 0.5) is 0 Å². The number of pyridine rings is 1. The number of hydrogen-bond acceptors (Lipinski definition) is 3. The third kappa shape index (κ3) is 3.23. The molecule has 0 spiro atoms. The van der Waals surface area contributed by atoms with Crippen molar-refractivity contribution in [3.63, 3.8) is 0 Å². The molecule has 1 aromatic carbocycles. The number of rotatable bonds is 4. The average molecular weight is 285 g/mol. The van der Waals surface area contributed by atoms with Crippen LogP contribution in [0.1, 0.15) is 49.1 Å². The van der Waals surface area contributed by atoms with E-state index < -0.39 is 0 Å². The van der Waals surface area contributed by atoms with E-state index in [0.717, 1.165) is 40.6 Å². The maximum absolute atomic E-state index is 11.4. The van der Waals surface area contributed by atoms with Crippen molar-refractivity contribution in [3.8, 4) is 5.75 Å². The Balaban J connectivity index is 2.68. The second-order valence-electron chi connectivity index (χ2n) is 5.66. The fourth-order valence-corrected chi connectivity index (χ4v) is 2.59. The van der Waals surface area contributed by atoms with Gasteiger partial charge in [-0.2, -0.15) is 0 Å². The van der Waals surface area contributed by atoms with Crippen LogP contribution in [0.25, 0.3) is 10.9 Å². The number of esters is 1. The van der Waals surface area contributed by atoms with Gasteiger partial charge in [-0.05, 0) is 50.8 Å². The van der Waals surface area contributed by atoms with Crippen molar-refractivity contribution in [2.75, 3.05) is 0 Å². The summed E-state index contributed by atoms with van der Waals surface area (Å²) in [4.78, 5) is 16.1. The van der Waals surface area contributed by atoms with E-state index in [1.54, 1.807) is 0 Å². The van der Waals surface area contributed by atoms with Gasteiger partial charge in [0.1, 0.15) is 5.75 Å². The first-order valence-corrected chi connectivity index (χ1v) is 7.52. The highest BCUT2D eigenvalue weighted by atomic mass is 16.5. The van der Waals surface area contributed by atoms with Gasteiger partial charge in [-0.15, -0.1) is 0 Å². The molecule has 0 atom stereocenters. The smallest absolute Gasteiger partial charge is 0.308 e. The van der Waals surface area contributed by atoms with E-state index >= 15 is 0 Å². The Hall–Kier alpha value is -1.90.